The van der Waals surface area contributed by atoms with Gasteiger partial charge in [-0.1, -0.05) is 0 Å². The Morgan fingerprint density at radius 2 is 1.14 bits per heavy atom. The number of hydrogen-bond donors (Lipinski definition) is 1. The molecule has 2 aromatic carbocycles. The lowest BCUT2D eigenvalue weighted by atomic mass is 10.1. The second-order valence-electron chi connectivity index (χ2n) is 6.35. The molecule has 0 amide bonds. The number of benzene rings is 2. The van der Waals surface area contributed by atoms with Crippen LogP contribution in [0.1, 0.15) is 16.8 Å². The van der Waals surface area contributed by atoms with Crippen molar-refractivity contribution in [1.82, 2.24) is 4.98 Å². The molecule has 1 N–H and O–H groups in total. The molecule has 1 aromatic heterocycles. The van der Waals surface area contributed by atoms with Gasteiger partial charge in [-0.15, -0.1) is 0 Å². The summed E-state index contributed by atoms with van der Waals surface area (Å²) in [6.45, 7) is 6.00. The van der Waals surface area contributed by atoms with E-state index in [0.717, 1.165) is 39.2 Å². The van der Waals surface area contributed by atoms with Crippen molar-refractivity contribution in [1.29, 1.82) is 0 Å². The second-order valence-corrected chi connectivity index (χ2v) is 6.35. The van der Waals surface area contributed by atoms with E-state index in [0.29, 0.717) is 17.2 Å². The highest BCUT2D eigenvalue weighted by atomic mass is 16.5. The fourth-order valence-electron chi connectivity index (χ4n) is 3.11. The van der Waals surface area contributed by atoms with Crippen molar-refractivity contribution in [3.05, 3.63) is 41.1 Å². The van der Waals surface area contributed by atoms with Gasteiger partial charge in [0.1, 0.15) is 11.5 Å². The van der Waals surface area contributed by atoms with Gasteiger partial charge in [-0.3, -0.25) is 0 Å². The average molecular weight is 387 g/mol. The molecule has 0 radical (unpaired) electrons. The molecule has 0 atom stereocenters. The first kappa shape index (κ1) is 21.3. The third-order valence-corrected chi connectivity index (χ3v) is 4.46. The number of aryl methyl sites for hydroxylation is 2. The van der Waals surface area contributed by atoms with Gasteiger partial charge in [0.25, 0.3) is 0 Å². The highest BCUT2D eigenvalue weighted by Gasteiger charge is 2.16. The molecule has 28 heavy (non-hydrogen) atoms. The van der Waals surface area contributed by atoms with E-state index >= 15 is 0 Å². The first-order valence-electron chi connectivity index (χ1n) is 8.87. The van der Waals surface area contributed by atoms with Crippen LogP contribution >= 0.6 is 0 Å². The highest BCUT2D eigenvalue weighted by Crippen LogP contribution is 2.43. The SMILES string of the molecule is COc1cc(C)cc(OC)c1C.COc1cc2[nH]c(C)cc2c(OC)c1OC. The Morgan fingerprint density at radius 3 is 1.61 bits per heavy atom. The predicted molar refractivity (Wildman–Crippen MR) is 112 cm³/mol. The smallest absolute Gasteiger partial charge is 0.204 e. The molecular formula is C22H29NO5. The summed E-state index contributed by atoms with van der Waals surface area (Å²) in [5, 5.41) is 0.998. The Balaban J connectivity index is 0.000000209. The number of aromatic amines is 1. The van der Waals surface area contributed by atoms with Crippen LogP contribution in [0.5, 0.6) is 28.7 Å². The van der Waals surface area contributed by atoms with E-state index in [2.05, 4.69) is 4.98 Å². The van der Waals surface area contributed by atoms with Crippen LogP contribution in [-0.2, 0) is 0 Å². The monoisotopic (exact) mass is 387 g/mol. The Kier molecular flexibility index (Phi) is 7.04. The topological polar surface area (TPSA) is 61.9 Å². The van der Waals surface area contributed by atoms with Gasteiger partial charge in [-0.05, 0) is 44.5 Å². The van der Waals surface area contributed by atoms with Crippen LogP contribution in [0.3, 0.4) is 0 Å². The lowest BCUT2D eigenvalue weighted by molar-refractivity contribution is 0.327. The van der Waals surface area contributed by atoms with Crippen molar-refractivity contribution in [3.8, 4) is 28.7 Å². The summed E-state index contributed by atoms with van der Waals surface area (Å²) in [4.78, 5) is 3.24. The lowest BCUT2D eigenvalue weighted by Crippen LogP contribution is -1.95. The van der Waals surface area contributed by atoms with Crippen LogP contribution in [0.2, 0.25) is 0 Å². The molecule has 0 unspecified atom stereocenters. The fraction of sp³-hybridized carbons (Fsp3) is 0.364. The standard InChI is InChI=1S/C12H15NO3.C10H14O2/c1-7-5-8-9(13-7)6-10(14-2)12(16-4)11(8)15-3;1-7-5-9(11-3)8(2)10(6-7)12-4/h5-6,13H,1-4H3;5-6H,1-4H3. The van der Waals surface area contributed by atoms with E-state index in [4.69, 9.17) is 23.7 Å². The van der Waals surface area contributed by atoms with Crippen molar-refractivity contribution in [3.63, 3.8) is 0 Å². The minimum absolute atomic E-state index is 0.622. The summed E-state index contributed by atoms with van der Waals surface area (Å²) < 4.78 is 26.3. The zero-order valence-corrected chi connectivity index (χ0v) is 17.9. The number of ether oxygens (including phenoxy) is 5. The maximum Gasteiger partial charge on any atom is 0.204 e. The van der Waals surface area contributed by atoms with E-state index in [1.807, 2.05) is 45.0 Å². The molecule has 1 heterocycles. The van der Waals surface area contributed by atoms with Crippen LogP contribution in [0.25, 0.3) is 10.9 Å². The Bertz CT molecular complexity index is 921. The Hall–Kier alpha value is -3.02. The molecule has 3 aromatic rings. The molecule has 0 bridgehead atoms. The molecular weight excluding hydrogens is 358 g/mol. The number of H-pyrrole nitrogens is 1. The van der Waals surface area contributed by atoms with E-state index < -0.39 is 0 Å². The van der Waals surface area contributed by atoms with E-state index in [1.54, 1.807) is 35.5 Å². The van der Waals surface area contributed by atoms with Gasteiger partial charge in [-0.25, -0.2) is 0 Å². The molecule has 6 heteroatoms. The molecule has 152 valence electrons. The van der Waals surface area contributed by atoms with Gasteiger partial charge in [0, 0.05) is 22.7 Å². The fourth-order valence-corrected chi connectivity index (χ4v) is 3.11. The van der Waals surface area contributed by atoms with Crippen LogP contribution in [0.4, 0.5) is 0 Å². The second kappa shape index (κ2) is 9.26. The summed E-state index contributed by atoms with van der Waals surface area (Å²) in [6.07, 6.45) is 0. The third-order valence-electron chi connectivity index (χ3n) is 4.46. The van der Waals surface area contributed by atoms with E-state index in [9.17, 15) is 0 Å². The number of fused-ring (bicyclic) bond motifs is 1. The van der Waals surface area contributed by atoms with Gasteiger partial charge in [-0.2, -0.15) is 0 Å². The zero-order valence-electron chi connectivity index (χ0n) is 17.9. The van der Waals surface area contributed by atoms with Gasteiger partial charge in [0.2, 0.25) is 5.75 Å². The molecule has 6 nitrogen and oxygen atoms in total. The van der Waals surface area contributed by atoms with Crippen LogP contribution in [-0.4, -0.2) is 40.5 Å². The molecule has 0 saturated heterocycles. The predicted octanol–water partition coefficient (Wildman–Crippen LogP) is 4.82. The number of aromatic nitrogens is 1. The van der Waals surface area contributed by atoms with Crippen molar-refractivity contribution in [2.75, 3.05) is 35.5 Å². The number of hydrogen-bond acceptors (Lipinski definition) is 5. The minimum Gasteiger partial charge on any atom is -0.496 e. The maximum atomic E-state index is 5.38. The average Bonchev–Trinajstić information content (AvgIpc) is 3.07. The zero-order chi connectivity index (χ0) is 20.8. The number of methoxy groups -OCH3 is 5. The first-order valence-corrected chi connectivity index (χ1v) is 8.87. The van der Waals surface area contributed by atoms with E-state index in [-0.39, 0.29) is 0 Å². The van der Waals surface area contributed by atoms with Crippen LogP contribution in [0, 0.1) is 20.8 Å². The summed E-state index contributed by atoms with van der Waals surface area (Å²) in [5.74, 6) is 3.74. The summed E-state index contributed by atoms with van der Waals surface area (Å²) in [5.41, 5.74) is 4.25. The van der Waals surface area contributed by atoms with Crippen molar-refractivity contribution >= 4 is 10.9 Å². The minimum atomic E-state index is 0.622. The Morgan fingerprint density at radius 1 is 0.607 bits per heavy atom. The number of rotatable bonds is 5. The summed E-state index contributed by atoms with van der Waals surface area (Å²) in [6, 6.07) is 7.93. The van der Waals surface area contributed by atoms with E-state index in [1.165, 1.54) is 0 Å². The van der Waals surface area contributed by atoms with Gasteiger partial charge >= 0.3 is 0 Å². The molecule has 0 aliphatic carbocycles. The van der Waals surface area contributed by atoms with Gasteiger partial charge < -0.3 is 28.7 Å². The highest BCUT2D eigenvalue weighted by molar-refractivity contribution is 5.91. The maximum absolute atomic E-state index is 5.38. The molecule has 0 aliphatic rings. The van der Waals surface area contributed by atoms with Crippen molar-refractivity contribution in [2.45, 2.75) is 20.8 Å². The first-order chi connectivity index (χ1) is 13.4. The van der Waals surface area contributed by atoms with Crippen molar-refractivity contribution in [2.24, 2.45) is 0 Å². The Labute approximate surface area is 166 Å². The molecule has 0 spiro atoms. The molecule has 3 rings (SSSR count). The largest absolute Gasteiger partial charge is 0.496 e. The third kappa shape index (κ3) is 4.27. The summed E-state index contributed by atoms with van der Waals surface area (Å²) >= 11 is 0. The summed E-state index contributed by atoms with van der Waals surface area (Å²) in [7, 11) is 8.17. The number of nitrogens with one attached hydrogen (secondary N) is 1. The van der Waals surface area contributed by atoms with Crippen molar-refractivity contribution < 1.29 is 23.7 Å². The van der Waals surface area contributed by atoms with Gasteiger partial charge in [0.15, 0.2) is 11.5 Å². The quantitative estimate of drug-likeness (QED) is 0.680. The van der Waals surface area contributed by atoms with Gasteiger partial charge in [0.05, 0.1) is 41.1 Å². The molecule has 0 aliphatic heterocycles. The molecule has 0 saturated carbocycles. The molecule has 0 fully saturated rings. The van der Waals surface area contributed by atoms with Crippen LogP contribution in [0.15, 0.2) is 24.3 Å². The van der Waals surface area contributed by atoms with Crippen LogP contribution < -0.4 is 23.7 Å². The normalized spacial score (nSPS) is 10.1. The lowest BCUT2D eigenvalue weighted by Gasteiger charge is -2.12.